The Morgan fingerprint density at radius 1 is 0.949 bits per heavy atom. The average Bonchev–Trinajstić information content (AvgIpc) is 2.87. The van der Waals surface area contributed by atoms with Crippen molar-refractivity contribution in [3.63, 3.8) is 0 Å². The fourth-order valence-corrected chi connectivity index (χ4v) is 4.34. The van der Waals surface area contributed by atoms with Crippen molar-refractivity contribution in [1.82, 2.24) is 5.32 Å². The van der Waals surface area contributed by atoms with Gasteiger partial charge in [0.2, 0.25) is 5.91 Å². The summed E-state index contributed by atoms with van der Waals surface area (Å²) in [6.07, 6.45) is 0. The SMILES string of the molecule is C=C(C)C(=O)NCc1ccc(Cl)c(C(=O)Nc2ccc(N3CC(F)(F)C3)c(C(=O)Nc3ccc(Br)cc3)c2)c1. The number of nitrogens with zero attached hydrogens (tertiary/aromatic N) is 1. The molecule has 3 aromatic rings. The van der Waals surface area contributed by atoms with Crippen molar-refractivity contribution in [2.24, 2.45) is 0 Å². The van der Waals surface area contributed by atoms with Gasteiger partial charge in [0.15, 0.2) is 0 Å². The minimum Gasteiger partial charge on any atom is -0.359 e. The van der Waals surface area contributed by atoms with Crippen LogP contribution in [0.1, 0.15) is 33.2 Å². The molecule has 1 aliphatic heterocycles. The summed E-state index contributed by atoms with van der Waals surface area (Å²) in [5.74, 6) is -4.22. The molecule has 4 rings (SSSR count). The maximum Gasteiger partial charge on any atom is 0.282 e. The van der Waals surface area contributed by atoms with Gasteiger partial charge in [-0.25, -0.2) is 8.78 Å². The molecule has 7 nitrogen and oxygen atoms in total. The molecule has 0 saturated carbocycles. The van der Waals surface area contributed by atoms with Gasteiger partial charge in [0, 0.05) is 28.0 Å². The molecule has 0 bridgehead atoms. The molecule has 1 fully saturated rings. The minimum atomic E-state index is -2.84. The third kappa shape index (κ3) is 7.01. The summed E-state index contributed by atoms with van der Waals surface area (Å²) in [4.78, 5) is 39.5. The molecule has 1 saturated heterocycles. The first-order valence-corrected chi connectivity index (χ1v) is 13.0. The first kappa shape index (κ1) is 28.3. The van der Waals surface area contributed by atoms with Crippen molar-refractivity contribution in [2.75, 3.05) is 28.6 Å². The zero-order valence-corrected chi connectivity index (χ0v) is 23.1. The minimum absolute atomic E-state index is 0.119. The van der Waals surface area contributed by atoms with Crippen LogP contribution in [0.15, 0.2) is 77.3 Å². The first-order chi connectivity index (χ1) is 18.4. The number of halogens is 4. The lowest BCUT2D eigenvalue weighted by Crippen LogP contribution is -2.56. The van der Waals surface area contributed by atoms with Crippen molar-refractivity contribution in [2.45, 2.75) is 19.4 Å². The Hall–Kier alpha value is -3.76. The van der Waals surface area contributed by atoms with E-state index >= 15 is 0 Å². The van der Waals surface area contributed by atoms with Crippen molar-refractivity contribution in [3.8, 4) is 0 Å². The van der Waals surface area contributed by atoms with Gasteiger partial charge in [-0.2, -0.15) is 0 Å². The van der Waals surface area contributed by atoms with Gasteiger partial charge in [0.25, 0.3) is 17.7 Å². The van der Waals surface area contributed by atoms with Crippen LogP contribution in [0.3, 0.4) is 0 Å². The fourth-order valence-electron chi connectivity index (χ4n) is 3.87. The number of nitrogens with one attached hydrogen (secondary N) is 3. The summed E-state index contributed by atoms with van der Waals surface area (Å²) in [7, 11) is 0. The lowest BCUT2D eigenvalue weighted by Gasteiger charge is -2.41. The van der Waals surface area contributed by atoms with Gasteiger partial charge in [-0.15, -0.1) is 0 Å². The summed E-state index contributed by atoms with van der Waals surface area (Å²) in [6, 6.07) is 16.2. The number of carbonyl (C=O) groups excluding carboxylic acids is 3. The highest BCUT2D eigenvalue weighted by Gasteiger charge is 2.45. The van der Waals surface area contributed by atoms with Crippen LogP contribution >= 0.6 is 27.5 Å². The van der Waals surface area contributed by atoms with E-state index in [0.717, 1.165) is 4.47 Å². The molecular formula is C28H24BrClF2N4O3. The second-order valence-electron chi connectivity index (χ2n) is 9.14. The van der Waals surface area contributed by atoms with E-state index in [-0.39, 0.29) is 34.3 Å². The summed E-state index contributed by atoms with van der Waals surface area (Å²) in [6.45, 7) is 4.31. The van der Waals surface area contributed by atoms with Gasteiger partial charge in [0.1, 0.15) is 0 Å². The Labute approximate surface area is 237 Å². The third-order valence-electron chi connectivity index (χ3n) is 5.90. The van der Waals surface area contributed by atoms with E-state index in [1.54, 1.807) is 49.4 Å². The van der Waals surface area contributed by atoms with Gasteiger partial charge in [0.05, 0.1) is 34.9 Å². The molecule has 1 aliphatic rings. The Kier molecular flexibility index (Phi) is 8.36. The van der Waals surface area contributed by atoms with Crippen molar-refractivity contribution in [3.05, 3.63) is 99.0 Å². The van der Waals surface area contributed by atoms with Crippen molar-refractivity contribution >= 4 is 62.3 Å². The van der Waals surface area contributed by atoms with E-state index in [2.05, 4.69) is 38.5 Å². The summed E-state index contributed by atoms with van der Waals surface area (Å²) < 4.78 is 28.0. The van der Waals surface area contributed by atoms with E-state index < -0.39 is 30.8 Å². The summed E-state index contributed by atoms with van der Waals surface area (Å²) in [5, 5.41) is 8.36. The van der Waals surface area contributed by atoms with Crippen LogP contribution in [0.4, 0.5) is 25.8 Å². The maximum absolute atomic E-state index is 13.6. The van der Waals surface area contributed by atoms with E-state index in [0.29, 0.717) is 22.5 Å². The molecule has 0 aliphatic carbocycles. The normalized spacial score (nSPS) is 13.7. The number of anilines is 3. The molecule has 1 heterocycles. The summed E-state index contributed by atoms with van der Waals surface area (Å²) >= 11 is 9.60. The standard InChI is InChI=1S/C28H24BrClF2N4O3/c1-16(2)25(37)33-13-17-3-9-23(30)21(11-17)26(38)35-20-8-10-24(36-14-28(31,32)15-36)22(12-20)27(39)34-19-6-4-18(29)5-7-19/h3-12H,1,13-15H2,2H3,(H,33,37)(H,34,39)(H,35,38). The number of hydrogen-bond donors (Lipinski definition) is 3. The van der Waals surface area contributed by atoms with E-state index in [1.807, 2.05) is 0 Å². The Bertz CT molecular complexity index is 1460. The molecule has 3 aromatic carbocycles. The molecular weight excluding hydrogens is 594 g/mol. The van der Waals surface area contributed by atoms with Crippen LogP contribution in [-0.2, 0) is 11.3 Å². The Morgan fingerprint density at radius 2 is 1.56 bits per heavy atom. The zero-order valence-electron chi connectivity index (χ0n) is 20.8. The summed E-state index contributed by atoms with van der Waals surface area (Å²) in [5.41, 5.74) is 2.38. The highest BCUT2D eigenvalue weighted by molar-refractivity contribution is 9.10. The molecule has 0 spiro atoms. The number of benzene rings is 3. The fraction of sp³-hybridized carbons (Fsp3) is 0.179. The first-order valence-electron chi connectivity index (χ1n) is 11.8. The molecule has 0 aromatic heterocycles. The highest BCUT2D eigenvalue weighted by atomic mass is 79.9. The topological polar surface area (TPSA) is 90.5 Å². The molecule has 3 N–H and O–H groups in total. The zero-order chi connectivity index (χ0) is 28.3. The molecule has 202 valence electrons. The molecule has 11 heteroatoms. The predicted molar refractivity (Wildman–Crippen MR) is 152 cm³/mol. The monoisotopic (exact) mass is 616 g/mol. The van der Waals surface area contributed by atoms with Crippen molar-refractivity contribution in [1.29, 1.82) is 0 Å². The number of hydrogen-bond acceptors (Lipinski definition) is 4. The average molecular weight is 618 g/mol. The van der Waals surface area contributed by atoms with Crippen LogP contribution in [-0.4, -0.2) is 36.7 Å². The second kappa shape index (κ2) is 11.5. The van der Waals surface area contributed by atoms with E-state index in [9.17, 15) is 23.2 Å². The van der Waals surface area contributed by atoms with Gasteiger partial charge in [-0.1, -0.05) is 40.2 Å². The molecule has 0 atom stereocenters. The smallest absolute Gasteiger partial charge is 0.282 e. The molecule has 39 heavy (non-hydrogen) atoms. The van der Waals surface area contributed by atoms with Crippen LogP contribution < -0.4 is 20.9 Å². The number of alkyl halides is 2. The molecule has 3 amide bonds. The molecule has 0 radical (unpaired) electrons. The van der Waals surface area contributed by atoms with E-state index in [1.165, 1.54) is 23.1 Å². The van der Waals surface area contributed by atoms with E-state index in [4.69, 9.17) is 11.6 Å². The number of amides is 3. The van der Waals surface area contributed by atoms with Crippen LogP contribution in [0.5, 0.6) is 0 Å². The van der Waals surface area contributed by atoms with Crippen LogP contribution in [0.2, 0.25) is 5.02 Å². The van der Waals surface area contributed by atoms with Crippen LogP contribution in [0.25, 0.3) is 0 Å². The van der Waals surface area contributed by atoms with Gasteiger partial charge in [-0.3, -0.25) is 14.4 Å². The van der Waals surface area contributed by atoms with Crippen molar-refractivity contribution < 1.29 is 23.2 Å². The third-order valence-corrected chi connectivity index (χ3v) is 6.76. The highest BCUT2D eigenvalue weighted by Crippen LogP contribution is 2.35. The Morgan fingerprint density at radius 3 is 2.21 bits per heavy atom. The predicted octanol–water partition coefficient (Wildman–Crippen LogP) is 6.25. The van der Waals surface area contributed by atoms with Gasteiger partial charge in [-0.05, 0) is 67.1 Å². The van der Waals surface area contributed by atoms with Crippen LogP contribution in [0, 0.1) is 0 Å². The lowest BCUT2D eigenvalue weighted by molar-refractivity contribution is -0.117. The second-order valence-corrected chi connectivity index (χ2v) is 10.5. The lowest BCUT2D eigenvalue weighted by atomic mass is 10.0. The number of carbonyl (C=O) groups is 3. The van der Waals surface area contributed by atoms with Gasteiger partial charge < -0.3 is 20.9 Å². The number of rotatable bonds is 8. The molecule has 0 unspecified atom stereocenters. The quantitative estimate of drug-likeness (QED) is 0.261. The largest absolute Gasteiger partial charge is 0.359 e. The maximum atomic E-state index is 13.6. The Balaban J connectivity index is 1.57. The van der Waals surface area contributed by atoms with Gasteiger partial charge >= 0.3 is 0 Å².